The molecule has 1 aliphatic rings. The zero-order valence-corrected chi connectivity index (χ0v) is 14.6. The highest BCUT2D eigenvalue weighted by Gasteiger charge is 2.21. The Hall–Kier alpha value is -2.21. The molecular weight excluding hydrogens is 324 g/mol. The third-order valence-corrected chi connectivity index (χ3v) is 4.81. The molecule has 0 unspecified atom stereocenters. The Morgan fingerprint density at radius 3 is 2.96 bits per heavy atom. The van der Waals surface area contributed by atoms with Crippen LogP contribution in [-0.2, 0) is 17.8 Å². The van der Waals surface area contributed by atoms with Gasteiger partial charge in [0, 0.05) is 41.4 Å². The van der Waals surface area contributed by atoms with Gasteiger partial charge >= 0.3 is 0 Å². The number of fused-ring (bicyclic) bond motifs is 1. The van der Waals surface area contributed by atoms with Crippen LogP contribution >= 0.6 is 11.8 Å². The fourth-order valence-corrected chi connectivity index (χ4v) is 3.35. The average Bonchev–Trinajstić information content (AvgIpc) is 2.97. The van der Waals surface area contributed by atoms with Crippen molar-refractivity contribution in [2.75, 3.05) is 12.9 Å². The first kappa shape index (κ1) is 16.6. The third-order valence-electron chi connectivity index (χ3n) is 3.79. The molecule has 0 saturated carbocycles. The van der Waals surface area contributed by atoms with Crippen molar-refractivity contribution in [2.45, 2.75) is 30.9 Å². The second-order valence-electron chi connectivity index (χ2n) is 5.65. The SMILES string of the molecule is COc1cc2c(cc1CNC(=O)CSc1ccncc1)O[C@H](C)C2. The lowest BCUT2D eigenvalue weighted by molar-refractivity contribution is -0.118. The van der Waals surface area contributed by atoms with E-state index in [1.807, 2.05) is 31.2 Å². The Balaban J connectivity index is 1.58. The second-order valence-corrected chi connectivity index (χ2v) is 6.70. The normalized spacial score (nSPS) is 15.5. The van der Waals surface area contributed by atoms with Crippen molar-refractivity contribution in [3.8, 4) is 11.5 Å². The largest absolute Gasteiger partial charge is 0.496 e. The van der Waals surface area contributed by atoms with E-state index < -0.39 is 0 Å². The number of pyridine rings is 1. The minimum absolute atomic E-state index is 0.0198. The van der Waals surface area contributed by atoms with Crippen molar-refractivity contribution in [1.29, 1.82) is 0 Å². The molecule has 1 aliphatic heterocycles. The van der Waals surface area contributed by atoms with Crippen LogP contribution in [0, 0.1) is 0 Å². The molecule has 0 aliphatic carbocycles. The Kier molecular flexibility index (Phi) is 5.25. The second kappa shape index (κ2) is 7.57. The summed E-state index contributed by atoms with van der Waals surface area (Å²) >= 11 is 1.49. The van der Waals surface area contributed by atoms with Crippen molar-refractivity contribution in [1.82, 2.24) is 10.3 Å². The van der Waals surface area contributed by atoms with Gasteiger partial charge in [-0.15, -0.1) is 11.8 Å². The topological polar surface area (TPSA) is 60.5 Å². The lowest BCUT2D eigenvalue weighted by Crippen LogP contribution is -2.24. The van der Waals surface area contributed by atoms with Crippen molar-refractivity contribution in [3.63, 3.8) is 0 Å². The highest BCUT2D eigenvalue weighted by molar-refractivity contribution is 8.00. The number of benzene rings is 1. The molecule has 1 amide bonds. The van der Waals surface area contributed by atoms with Gasteiger partial charge in [0.1, 0.15) is 17.6 Å². The average molecular weight is 344 g/mol. The molecule has 2 aromatic rings. The van der Waals surface area contributed by atoms with Crippen molar-refractivity contribution in [3.05, 3.63) is 47.8 Å². The van der Waals surface area contributed by atoms with E-state index in [0.29, 0.717) is 12.3 Å². The van der Waals surface area contributed by atoms with E-state index in [2.05, 4.69) is 10.3 Å². The van der Waals surface area contributed by atoms with Gasteiger partial charge in [-0.05, 0) is 31.2 Å². The van der Waals surface area contributed by atoms with Gasteiger partial charge in [0.05, 0.1) is 12.9 Å². The lowest BCUT2D eigenvalue weighted by atomic mass is 10.1. The highest BCUT2D eigenvalue weighted by Crippen LogP contribution is 2.34. The predicted molar refractivity (Wildman–Crippen MR) is 93.6 cm³/mol. The first-order chi connectivity index (χ1) is 11.7. The Morgan fingerprint density at radius 2 is 2.21 bits per heavy atom. The van der Waals surface area contributed by atoms with Gasteiger partial charge in [0.15, 0.2) is 0 Å². The maximum atomic E-state index is 12.1. The van der Waals surface area contributed by atoms with Gasteiger partial charge < -0.3 is 14.8 Å². The van der Waals surface area contributed by atoms with Crippen LogP contribution in [0.1, 0.15) is 18.1 Å². The Bertz CT molecular complexity index is 722. The zero-order valence-electron chi connectivity index (χ0n) is 13.7. The molecule has 24 heavy (non-hydrogen) atoms. The number of rotatable bonds is 6. The lowest BCUT2D eigenvalue weighted by Gasteiger charge is -2.12. The summed E-state index contributed by atoms with van der Waals surface area (Å²) < 4.78 is 11.2. The van der Waals surface area contributed by atoms with Crippen LogP contribution in [0.2, 0.25) is 0 Å². The summed E-state index contributed by atoms with van der Waals surface area (Å²) in [5.41, 5.74) is 2.08. The molecule has 0 fully saturated rings. The van der Waals surface area contributed by atoms with Crippen molar-refractivity contribution >= 4 is 17.7 Å². The minimum Gasteiger partial charge on any atom is -0.496 e. The molecule has 126 valence electrons. The monoisotopic (exact) mass is 344 g/mol. The summed E-state index contributed by atoms with van der Waals surface area (Å²) in [5.74, 6) is 2.02. The molecule has 0 bridgehead atoms. The number of hydrogen-bond acceptors (Lipinski definition) is 5. The van der Waals surface area contributed by atoms with Crippen LogP contribution in [0.4, 0.5) is 0 Å². The van der Waals surface area contributed by atoms with Crippen LogP contribution < -0.4 is 14.8 Å². The van der Waals surface area contributed by atoms with E-state index in [1.165, 1.54) is 11.8 Å². The molecule has 1 aromatic heterocycles. The summed E-state index contributed by atoms with van der Waals surface area (Å²) in [6.07, 6.45) is 4.51. The van der Waals surface area contributed by atoms with E-state index in [0.717, 1.165) is 33.9 Å². The summed E-state index contributed by atoms with van der Waals surface area (Å²) in [7, 11) is 1.64. The number of nitrogens with zero attached hydrogens (tertiary/aromatic N) is 1. The van der Waals surface area contributed by atoms with E-state index in [1.54, 1.807) is 19.5 Å². The Labute approximate surface area is 145 Å². The number of carbonyl (C=O) groups excluding carboxylic acids is 1. The minimum atomic E-state index is -0.0198. The van der Waals surface area contributed by atoms with Gasteiger partial charge in [0.25, 0.3) is 0 Å². The van der Waals surface area contributed by atoms with E-state index >= 15 is 0 Å². The molecular formula is C18H20N2O3S. The van der Waals surface area contributed by atoms with E-state index in [-0.39, 0.29) is 12.0 Å². The number of carbonyl (C=O) groups is 1. The van der Waals surface area contributed by atoms with E-state index in [9.17, 15) is 4.79 Å². The molecule has 0 radical (unpaired) electrons. The van der Waals surface area contributed by atoms with Gasteiger partial charge in [0.2, 0.25) is 5.91 Å². The Morgan fingerprint density at radius 1 is 1.42 bits per heavy atom. The van der Waals surface area contributed by atoms with Crippen molar-refractivity contribution < 1.29 is 14.3 Å². The molecule has 1 N–H and O–H groups in total. The molecule has 1 aromatic carbocycles. The highest BCUT2D eigenvalue weighted by atomic mass is 32.2. The van der Waals surface area contributed by atoms with Gasteiger partial charge in [-0.2, -0.15) is 0 Å². The number of nitrogens with one attached hydrogen (secondary N) is 1. The quantitative estimate of drug-likeness (QED) is 0.817. The predicted octanol–water partition coefficient (Wildman–Crippen LogP) is 2.82. The van der Waals surface area contributed by atoms with Crippen LogP contribution in [0.5, 0.6) is 11.5 Å². The number of methoxy groups -OCH3 is 1. The number of aromatic nitrogens is 1. The third kappa shape index (κ3) is 4.00. The van der Waals surface area contributed by atoms with Crippen LogP contribution in [0.25, 0.3) is 0 Å². The summed E-state index contributed by atoms with van der Waals surface area (Å²) in [5, 5.41) is 2.94. The maximum Gasteiger partial charge on any atom is 0.230 e. The van der Waals surface area contributed by atoms with E-state index in [4.69, 9.17) is 9.47 Å². The van der Waals surface area contributed by atoms with Crippen LogP contribution in [0.3, 0.4) is 0 Å². The van der Waals surface area contributed by atoms with Gasteiger partial charge in [-0.25, -0.2) is 0 Å². The van der Waals surface area contributed by atoms with Crippen LogP contribution in [-0.4, -0.2) is 29.9 Å². The first-order valence-corrected chi connectivity index (χ1v) is 8.80. The number of hydrogen-bond donors (Lipinski definition) is 1. The van der Waals surface area contributed by atoms with Gasteiger partial charge in [-0.1, -0.05) is 0 Å². The fourth-order valence-electron chi connectivity index (χ4n) is 2.64. The molecule has 1 atom stereocenters. The summed E-state index contributed by atoms with van der Waals surface area (Å²) in [6.45, 7) is 2.47. The van der Waals surface area contributed by atoms with Crippen LogP contribution in [0.15, 0.2) is 41.6 Å². The standard InChI is InChI=1S/C18H20N2O3S/c1-12-7-13-8-16(22-2)14(9-17(13)23-12)10-20-18(21)11-24-15-3-5-19-6-4-15/h3-6,8-9,12H,7,10-11H2,1-2H3,(H,20,21)/t12-/m1/s1. The number of thioether (sulfide) groups is 1. The fraction of sp³-hybridized carbons (Fsp3) is 0.333. The smallest absolute Gasteiger partial charge is 0.230 e. The maximum absolute atomic E-state index is 12.1. The molecule has 6 heteroatoms. The summed E-state index contributed by atoms with van der Waals surface area (Å²) in [6, 6.07) is 7.75. The van der Waals surface area contributed by atoms with Gasteiger partial charge in [-0.3, -0.25) is 9.78 Å². The molecule has 0 spiro atoms. The number of ether oxygens (including phenoxy) is 2. The first-order valence-electron chi connectivity index (χ1n) is 7.81. The van der Waals surface area contributed by atoms with Crippen molar-refractivity contribution in [2.24, 2.45) is 0 Å². The zero-order chi connectivity index (χ0) is 16.9. The molecule has 0 saturated heterocycles. The molecule has 5 nitrogen and oxygen atoms in total. The molecule has 3 rings (SSSR count). The number of amides is 1. The summed E-state index contributed by atoms with van der Waals surface area (Å²) in [4.78, 5) is 17.0. The molecule has 2 heterocycles.